The molecule has 6 nitrogen and oxygen atoms in total. The molecule has 3 rings (SSSR count). The van der Waals surface area contributed by atoms with Gasteiger partial charge in [0.2, 0.25) is 5.88 Å². The second-order valence-electron chi connectivity index (χ2n) is 6.45. The lowest BCUT2D eigenvalue weighted by Crippen LogP contribution is -2.40. The van der Waals surface area contributed by atoms with Crippen molar-refractivity contribution in [2.75, 3.05) is 11.4 Å². The summed E-state index contributed by atoms with van der Waals surface area (Å²) in [6.45, 7) is 5.06. The highest BCUT2D eigenvalue weighted by Crippen LogP contribution is 2.23. The van der Waals surface area contributed by atoms with Gasteiger partial charge in [0.15, 0.2) is 0 Å². The maximum absolute atomic E-state index is 12.7. The number of hydrogen-bond acceptors (Lipinski definition) is 4. The van der Waals surface area contributed by atoms with Gasteiger partial charge in [0, 0.05) is 25.0 Å². The van der Waals surface area contributed by atoms with Crippen LogP contribution in [0.2, 0.25) is 0 Å². The van der Waals surface area contributed by atoms with Gasteiger partial charge < -0.3 is 10.1 Å². The van der Waals surface area contributed by atoms with Crippen molar-refractivity contribution < 1.29 is 9.53 Å². The van der Waals surface area contributed by atoms with Crippen molar-refractivity contribution in [2.24, 2.45) is 0 Å². The number of aryl methyl sites for hydroxylation is 1. The molecule has 0 bridgehead atoms. The van der Waals surface area contributed by atoms with E-state index in [1.54, 1.807) is 29.6 Å². The zero-order valence-electron chi connectivity index (χ0n) is 16.1. The van der Waals surface area contributed by atoms with Crippen molar-refractivity contribution in [3.63, 3.8) is 0 Å². The largest absolute Gasteiger partial charge is 0.439 e. The van der Waals surface area contributed by atoms with E-state index in [0.29, 0.717) is 24.7 Å². The molecule has 1 N–H and O–H groups in total. The van der Waals surface area contributed by atoms with E-state index in [-0.39, 0.29) is 6.03 Å². The zero-order valence-corrected chi connectivity index (χ0v) is 16.1. The average molecular weight is 376 g/mol. The van der Waals surface area contributed by atoms with Gasteiger partial charge in [0.1, 0.15) is 5.75 Å². The summed E-state index contributed by atoms with van der Waals surface area (Å²) in [5.74, 6) is 1.20. The molecule has 0 atom stereocenters. The first-order valence-corrected chi connectivity index (χ1v) is 9.30. The standard InChI is InChI=1S/C22H24N4O2/c1-3-12-24-22(27)26(16-18-5-4-13-23-14-18)19-8-11-21(25-15-19)28-20-9-6-17(2)7-10-20/h4-11,13-15H,3,12,16H2,1-2H3,(H,24,27). The lowest BCUT2D eigenvalue weighted by Gasteiger charge is -2.23. The van der Waals surface area contributed by atoms with Crippen LogP contribution in [-0.4, -0.2) is 22.5 Å². The topological polar surface area (TPSA) is 67.4 Å². The summed E-state index contributed by atoms with van der Waals surface area (Å²) in [6, 6.07) is 15.0. The fourth-order valence-electron chi connectivity index (χ4n) is 2.60. The van der Waals surface area contributed by atoms with Crippen LogP contribution in [0.4, 0.5) is 10.5 Å². The third kappa shape index (κ3) is 5.30. The molecule has 0 radical (unpaired) electrons. The molecular formula is C22H24N4O2. The van der Waals surface area contributed by atoms with Gasteiger partial charge in [-0.2, -0.15) is 0 Å². The maximum atomic E-state index is 12.7. The summed E-state index contributed by atoms with van der Waals surface area (Å²) in [5.41, 5.74) is 2.79. The smallest absolute Gasteiger partial charge is 0.322 e. The number of amides is 2. The number of nitrogens with zero attached hydrogens (tertiary/aromatic N) is 3. The number of ether oxygens (including phenoxy) is 1. The number of anilines is 1. The molecule has 0 spiro atoms. The van der Waals surface area contributed by atoms with Crippen LogP contribution in [0.15, 0.2) is 67.1 Å². The molecule has 0 fully saturated rings. The van der Waals surface area contributed by atoms with Gasteiger partial charge in [0.05, 0.1) is 18.4 Å². The van der Waals surface area contributed by atoms with Crippen molar-refractivity contribution in [1.29, 1.82) is 0 Å². The predicted octanol–water partition coefficient (Wildman–Crippen LogP) is 4.70. The summed E-state index contributed by atoms with van der Waals surface area (Å²) in [6.07, 6.45) is 5.98. The van der Waals surface area contributed by atoms with Gasteiger partial charge in [0.25, 0.3) is 0 Å². The van der Waals surface area contributed by atoms with Crippen LogP contribution < -0.4 is 15.0 Å². The molecule has 0 unspecified atom stereocenters. The Morgan fingerprint density at radius 2 is 1.93 bits per heavy atom. The number of hydrogen-bond donors (Lipinski definition) is 1. The number of pyridine rings is 2. The van der Waals surface area contributed by atoms with Crippen LogP contribution in [-0.2, 0) is 6.54 Å². The molecule has 0 saturated carbocycles. The van der Waals surface area contributed by atoms with Crippen molar-refractivity contribution in [1.82, 2.24) is 15.3 Å². The molecule has 2 amide bonds. The van der Waals surface area contributed by atoms with E-state index in [4.69, 9.17) is 4.74 Å². The monoisotopic (exact) mass is 376 g/mol. The molecule has 2 heterocycles. The fourth-order valence-corrected chi connectivity index (χ4v) is 2.60. The van der Waals surface area contributed by atoms with Crippen LogP contribution in [0.5, 0.6) is 11.6 Å². The Balaban J connectivity index is 1.76. The number of benzene rings is 1. The third-order valence-electron chi connectivity index (χ3n) is 4.11. The second kappa shape index (κ2) is 9.50. The van der Waals surface area contributed by atoms with E-state index in [1.165, 1.54) is 5.56 Å². The Labute approximate surface area is 165 Å². The van der Waals surface area contributed by atoms with Crippen LogP contribution >= 0.6 is 0 Å². The van der Waals surface area contributed by atoms with Gasteiger partial charge in [-0.1, -0.05) is 30.7 Å². The third-order valence-corrected chi connectivity index (χ3v) is 4.11. The van der Waals surface area contributed by atoms with Crippen LogP contribution in [0.3, 0.4) is 0 Å². The molecular weight excluding hydrogens is 352 g/mol. The molecule has 0 aliphatic carbocycles. The number of urea groups is 1. The Kier molecular flexibility index (Phi) is 6.57. The molecule has 1 aromatic carbocycles. The Hall–Kier alpha value is -3.41. The first-order chi connectivity index (χ1) is 13.7. The minimum absolute atomic E-state index is 0.167. The lowest BCUT2D eigenvalue weighted by atomic mass is 10.2. The van der Waals surface area contributed by atoms with E-state index in [0.717, 1.165) is 17.7 Å². The second-order valence-corrected chi connectivity index (χ2v) is 6.45. The Morgan fingerprint density at radius 1 is 1.11 bits per heavy atom. The van der Waals surface area contributed by atoms with E-state index in [1.807, 2.05) is 56.3 Å². The average Bonchev–Trinajstić information content (AvgIpc) is 2.73. The van der Waals surface area contributed by atoms with Gasteiger partial charge in [-0.15, -0.1) is 0 Å². The molecule has 28 heavy (non-hydrogen) atoms. The molecule has 0 aliphatic heterocycles. The minimum atomic E-state index is -0.167. The van der Waals surface area contributed by atoms with Gasteiger partial charge >= 0.3 is 6.03 Å². The summed E-state index contributed by atoms with van der Waals surface area (Å²) >= 11 is 0. The summed E-state index contributed by atoms with van der Waals surface area (Å²) < 4.78 is 5.77. The van der Waals surface area contributed by atoms with Crippen molar-refractivity contribution in [3.05, 3.63) is 78.2 Å². The van der Waals surface area contributed by atoms with Crippen molar-refractivity contribution in [2.45, 2.75) is 26.8 Å². The van der Waals surface area contributed by atoms with Crippen LogP contribution in [0.1, 0.15) is 24.5 Å². The van der Waals surface area contributed by atoms with Crippen LogP contribution in [0, 0.1) is 6.92 Å². The van der Waals surface area contributed by atoms with E-state index >= 15 is 0 Å². The summed E-state index contributed by atoms with van der Waals surface area (Å²) in [4.78, 5) is 22.8. The van der Waals surface area contributed by atoms with E-state index in [2.05, 4.69) is 15.3 Å². The summed E-state index contributed by atoms with van der Waals surface area (Å²) in [5, 5.41) is 2.92. The van der Waals surface area contributed by atoms with E-state index < -0.39 is 0 Å². The molecule has 6 heteroatoms. The molecule has 0 aliphatic rings. The minimum Gasteiger partial charge on any atom is -0.439 e. The first kappa shape index (κ1) is 19.4. The first-order valence-electron chi connectivity index (χ1n) is 9.30. The highest BCUT2D eigenvalue weighted by Gasteiger charge is 2.16. The molecule has 144 valence electrons. The Morgan fingerprint density at radius 3 is 2.57 bits per heavy atom. The molecule has 0 saturated heterocycles. The highest BCUT2D eigenvalue weighted by molar-refractivity contribution is 5.91. The van der Waals surface area contributed by atoms with Crippen molar-refractivity contribution in [3.8, 4) is 11.6 Å². The number of aromatic nitrogens is 2. The number of carbonyl (C=O) groups is 1. The van der Waals surface area contributed by atoms with Crippen LogP contribution in [0.25, 0.3) is 0 Å². The highest BCUT2D eigenvalue weighted by atomic mass is 16.5. The maximum Gasteiger partial charge on any atom is 0.322 e. The SMILES string of the molecule is CCCNC(=O)N(Cc1cccnc1)c1ccc(Oc2ccc(C)cc2)nc1. The zero-order chi connectivity index (χ0) is 19.8. The fraction of sp³-hybridized carbons (Fsp3) is 0.227. The predicted molar refractivity (Wildman–Crippen MR) is 110 cm³/mol. The molecule has 3 aromatic rings. The van der Waals surface area contributed by atoms with Gasteiger partial charge in [-0.25, -0.2) is 9.78 Å². The lowest BCUT2D eigenvalue weighted by molar-refractivity contribution is 0.246. The Bertz CT molecular complexity index is 881. The van der Waals surface area contributed by atoms with Crippen molar-refractivity contribution >= 4 is 11.7 Å². The number of carbonyl (C=O) groups excluding carboxylic acids is 1. The summed E-state index contributed by atoms with van der Waals surface area (Å²) in [7, 11) is 0. The molecule has 2 aromatic heterocycles. The van der Waals surface area contributed by atoms with Gasteiger partial charge in [-0.3, -0.25) is 9.88 Å². The van der Waals surface area contributed by atoms with E-state index in [9.17, 15) is 4.79 Å². The van der Waals surface area contributed by atoms with Gasteiger partial charge in [-0.05, 0) is 43.2 Å². The number of nitrogens with one attached hydrogen (secondary N) is 1. The normalized spacial score (nSPS) is 10.4. The quantitative estimate of drug-likeness (QED) is 0.649. The number of rotatable bonds is 7.